The van der Waals surface area contributed by atoms with E-state index in [0.717, 1.165) is 24.1 Å². The second-order valence-electron chi connectivity index (χ2n) is 6.48. The molecule has 2 aromatic rings. The number of carbonyl (C=O) groups excluding carboxylic acids is 1. The van der Waals surface area contributed by atoms with Gasteiger partial charge in [0.25, 0.3) is 0 Å². The quantitative estimate of drug-likeness (QED) is 0.768. The Kier molecular flexibility index (Phi) is 4.42. The topological polar surface area (TPSA) is 61.1 Å². The lowest BCUT2D eigenvalue weighted by atomic mass is 9.88. The van der Waals surface area contributed by atoms with E-state index in [1.807, 2.05) is 19.2 Å². The van der Waals surface area contributed by atoms with Crippen LogP contribution in [0.2, 0.25) is 0 Å². The maximum absolute atomic E-state index is 12.5. The highest BCUT2D eigenvalue weighted by Gasteiger charge is 2.34. The van der Waals surface area contributed by atoms with Crippen molar-refractivity contribution in [2.24, 2.45) is 0 Å². The molecule has 2 aliphatic heterocycles. The fraction of sp³-hybridized carbons (Fsp3) is 0.350. The van der Waals surface area contributed by atoms with Crippen molar-refractivity contribution in [2.75, 3.05) is 27.5 Å². The molecule has 136 valence electrons. The molecule has 1 atom stereocenters. The van der Waals surface area contributed by atoms with Crippen molar-refractivity contribution < 1.29 is 23.4 Å². The summed E-state index contributed by atoms with van der Waals surface area (Å²) >= 11 is 0. The number of ketones is 1. The summed E-state index contributed by atoms with van der Waals surface area (Å²) in [5, 5.41) is 0. The van der Waals surface area contributed by atoms with Crippen LogP contribution in [0, 0.1) is 0 Å². The predicted octanol–water partition coefficient (Wildman–Crippen LogP) is 3.22. The Labute approximate surface area is 151 Å². The summed E-state index contributed by atoms with van der Waals surface area (Å²) in [5.41, 5.74) is 2.17. The zero-order valence-corrected chi connectivity index (χ0v) is 14.9. The second-order valence-corrected chi connectivity index (χ2v) is 6.48. The number of likely N-dealkylation sites (N-methyl/N-ethyl adjacent to an activating group) is 1. The zero-order chi connectivity index (χ0) is 18.1. The molecule has 1 aromatic carbocycles. The number of hydrogen-bond donors (Lipinski definition) is 0. The lowest BCUT2D eigenvalue weighted by Crippen LogP contribution is -2.33. The van der Waals surface area contributed by atoms with Crippen LogP contribution in [0.3, 0.4) is 0 Å². The Bertz CT molecular complexity index is 840. The summed E-state index contributed by atoms with van der Waals surface area (Å²) in [6, 6.07) is 5.55. The first kappa shape index (κ1) is 16.7. The van der Waals surface area contributed by atoms with Crippen LogP contribution < -0.4 is 14.2 Å². The van der Waals surface area contributed by atoms with E-state index >= 15 is 0 Å². The SMILES string of the molecule is COc1c2c(cc3c1C(CC(=O)/C=C/c1ccco1)N(C)CC3)OCO2. The van der Waals surface area contributed by atoms with Crippen molar-refractivity contribution >= 4 is 11.9 Å². The number of carbonyl (C=O) groups is 1. The number of allylic oxidation sites excluding steroid dienone is 1. The van der Waals surface area contributed by atoms with E-state index in [9.17, 15) is 4.79 Å². The highest BCUT2D eigenvalue weighted by atomic mass is 16.7. The molecule has 0 bridgehead atoms. The third-order valence-corrected chi connectivity index (χ3v) is 4.92. The van der Waals surface area contributed by atoms with Crippen LogP contribution in [0.4, 0.5) is 0 Å². The number of furan rings is 1. The molecule has 0 spiro atoms. The maximum atomic E-state index is 12.5. The van der Waals surface area contributed by atoms with Gasteiger partial charge in [0.2, 0.25) is 12.5 Å². The van der Waals surface area contributed by atoms with Gasteiger partial charge in [0.05, 0.1) is 13.4 Å². The summed E-state index contributed by atoms with van der Waals surface area (Å²) in [5.74, 6) is 2.72. The molecule has 0 saturated carbocycles. The molecule has 0 saturated heterocycles. The van der Waals surface area contributed by atoms with E-state index in [2.05, 4.69) is 4.90 Å². The highest BCUT2D eigenvalue weighted by molar-refractivity contribution is 5.93. The first-order valence-corrected chi connectivity index (χ1v) is 8.61. The number of methoxy groups -OCH3 is 1. The minimum atomic E-state index is -0.0723. The van der Waals surface area contributed by atoms with Gasteiger partial charge in [-0.1, -0.05) is 0 Å². The van der Waals surface area contributed by atoms with Gasteiger partial charge < -0.3 is 18.6 Å². The van der Waals surface area contributed by atoms with Crippen LogP contribution in [0.5, 0.6) is 17.2 Å². The number of ether oxygens (including phenoxy) is 3. The monoisotopic (exact) mass is 355 g/mol. The Hall–Kier alpha value is -2.73. The Morgan fingerprint density at radius 2 is 2.31 bits per heavy atom. The van der Waals surface area contributed by atoms with Crippen LogP contribution in [0.15, 0.2) is 35.0 Å². The van der Waals surface area contributed by atoms with Gasteiger partial charge in [0.1, 0.15) is 5.76 Å². The van der Waals surface area contributed by atoms with E-state index in [4.69, 9.17) is 18.6 Å². The molecule has 0 aliphatic carbocycles. The molecule has 4 rings (SSSR count). The normalized spacial score (nSPS) is 18.9. The predicted molar refractivity (Wildman–Crippen MR) is 95.6 cm³/mol. The molecule has 0 radical (unpaired) electrons. The summed E-state index contributed by atoms with van der Waals surface area (Å²) in [7, 11) is 3.66. The first-order chi connectivity index (χ1) is 12.7. The zero-order valence-electron chi connectivity index (χ0n) is 14.9. The van der Waals surface area contributed by atoms with E-state index < -0.39 is 0 Å². The van der Waals surface area contributed by atoms with Gasteiger partial charge in [0.15, 0.2) is 17.3 Å². The van der Waals surface area contributed by atoms with Crippen LogP contribution in [-0.2, 0) is 11.2 Å². The number of fused-ring (bicyclic) bond motifs is 2. The van der Waals surface area contributed by atoms with Gasteiger partial charge in [-0.3, -0.25) is 9.69 Å². The Balaban J connectivity index is 1.64. The molecule has 1 unspecified atom stereocenters. The fourth-order valence-electron chi connectivity index (χ4n) is 3.60. The van der Waals surface area contributed by atoms with E-state index in [1.165, 1.54) is 0 Å². The number of rotatable bonds is 5. The molecular formula is C20H21NO5. The van der Waals surface area contributed by atoms with Crippen LogP contribution in [-0.4, -0.2) is 38.2 Å². The number of benzene rings is 1. The lowest BCUT2D eigenvalue weighted by Gasteiger charge is -2.35. The summed E-state index contributed by atoms with van der Waals surface area (Å²) in [4.78, 5) is 14.7. The largest absolute Gasteiger partial charge is 0.492 e. The maximum Gasteiger partial charge on any atom is 0.231 e. The minimum absolute atomic E-state index is 0.0332. The van der Waals surface area contributed by atoms with Crippen LogP contribution in [0.1, 0.15) is 29.3 Å². The second kappa shape index (κ2) is 6.88. The van der Waals surface area contributed by atoms with Crippen LogP contribution >= 0.6 is 0 Å². The van der Waals surface area contributed by atoms with Crippen molar-refractivity contribution in [1.29, 1.82) is 0 Å². The van der Waals surface area contributed by atoms with Crippen LogP contribution in [0.25, 0.3) is 6.08 Å². The Morgan fingerprint density at radius 3 is 3.08 bits per heavy atom. The average Bonchev–Trinajstić information content (AvgIpc) is 3.32. The molecule has 0 N–H and O–H groups in total. The molecule has 26 heavy (non-hydrogen) atoms. The van der Waals surface area contributed by atoms with Crippen molar-refractivity contribution in [2.45, 2.75) is 18.9 Å². The van der Waals surface area contributed by atoms with Crippen molar-refractivity contribution in [1.82, 2.24) is 4.90 Å². The third kappa shape index (κ3) is 2.97. The average molecular weight is 355 g/mol. The molecule has 3 heterocycles. The van der Waals surface area contributed by atoms with Gasteiger partial charge in [-0.15, -0.1) is 0 Å². The van der Waals surface area contributed by atoms with Gasteiger partial charge >= 0.3 is 0 Å². The van der Waals surface area contributed by atoms with E-state index in [1.54, 1.807) is 31.6 Å². The molecule has 0 fully saturated rings. The highest BCUT2D eigenvalue weighted by Crippen LogP contribution is 2.50. The van der Waals surface area contributed by atoms with Crippen molar-refractivity contribution in [3.05, 3.63) is 47.4 Å². The van der Waals surface area contributed by atoms with Gasteiger partial charge in [0, 0.05) is 24.6 Å². The fourth-order valence-corrected chi connectivity index (χ4v) is 3.60. The molecule has 2 aliphatic rings. The molecule has 6 heteroatoms. The first-order valence-electron chi connectivity index (χ1n) is 8.61. The van der Waals surface area contributed by atoms with Gasteiger partial charge in [-0.05, 0) is 49.4 Å². The Morgan fingerprint density at radius 1 is 1.42 bits per heavy atom. The molecule has 1 aromatic heterocycles. The van der Waals surface area contributed by atoms with Gasteiger partial charge in [-0.25, -0.2) is 0 Å². The smallest absolute Gasteiger partial charge is 0.231 e. The minimum Gasteiger partial charge on any atom is -0.492 e. The molecular weight excluding hydrogens is 334 g/mol. The summed E-state index contributed by atoms with van der Waals surface area (Å²) < 4.78 is 22.0. The van der Waals surface area contributed by atoms with E-state index in [-0.39, 0.29) is 18.6 Å². The molecule has 6 nitrogen and oxygen atoms in total. The third-order valence-electron chi connectivity index (χ3n) is 4.92. The number of hydrogen-bond acceptors (Lipinski definition) is 6. The number of nitrogens with zero attached hydrogens (tertiary/aromatic N) is 1. The van der Waals surface area contributed by atoms with Crippen molar-refractivity contribution in [3.8, 4) is 17.2 Å². The lowest BCUT2D eigenvalue weighted by molar-refractivity contribution is -0.115. The van der Waals surface area contributed by atoms with E-state index in [0.29, 0.717) is 29.4 Å². The summed E-state index contributed by atoms with van der Waals surface area (Å²) in [6.45, 7) is 1.07. The van der Waals surface area contributed by atoms with Gasteiger partial charge in [-0.2, -0.15) is 0 Å². The molecule has 0 amide bonds. The standard InChI is InChI=1S/C20H21NO5/c1-21-8-7-13-10-17-19(26-12-25-17)20(23-2)18(13)16(21)11-14(22)5-6-15-4-3-9-24-15/h3-6,9-10,16H,7-8,11-12H2,1-2H3/b6-5+. The van der Waals surface area contributed by atoms with Crippen molar-refractivity contribution in [3.63, 3.8) is 0 Å². The summed E-state index contributed by atoms with van der Waals surface area (Å²) in [6.07, 6.45) is 6.09.